The molecule has 1 amide bonds. The molecule has 2 aromatic rings. The second kappa shape index (κ2) is 6.44. The molecule has 1 aromatic carbocycles. The number of aromatic nitrogens is 2. The van der Waals surface area contributed by atoms with Crippen LogP contribution in [0.3, 0.4) is 0 Å². The first-order chi connectivity index (χ1) is 10.7. The van der Waals surface area contributed by atoms with Crippen LogP contribution in [0.15, 0.2) is 24.3 Å². The fourth-order valence-corrected chi connectivity index (χ4v) is 2.29. The normalized spacial score (nSPS) is 13.0. The van der Waals surface area contributed by atoms with Crippen molar-refractivity contribution in [2.75, 3.05) is 0 Å². The molecule has 0 saturated heterocycles. The molecule has 0 aliphatic carbocycles. The molecular weight excluding hydrogens is 307 g/mol. The highest BCUT2D eigenvalue weighted by Crippen LogP contribution is 2.30. The van der Waals surface area contributed by atoms with Gasteiger partial charge in [-0.2, -0.15) is 18.3 Å². The van der Waals surface area contributed by atoms with Crippen molar-refractivity contribution in [2.45, 2.75) is 39.4 Å². The number of alkyl halides is 3. The van der Waals surface area contributed by atoms with Crippen LogP contribution in [0.1, 0.15) is 39.8 Å². The Morgan fingerprint density at radius 2 is 2.00 bits per heavy atom. The van der Waals surface area contributed by atoms with Crippen molar-refractivity contribution in [3.63, 3.8) is 0 Å². The van der Waals surface area contributed by atoms with Gasteiger partial charge in [0.25, 0.3) is 5.91 Å². The number of halogens is 3. The van der Waals surface area contributed by atoms with Crippen LogP contribution in [0.25, 0.3) is 0 Å². The molecule has 0 radical (unpaired) electrons. The Labute approximate surface area is 132 Å². The summed E-state index contributed by atoms with van der Waals surface area (Å²) in [6, 6.07) is 4.77. The van der Waals surface area contributed by atoms with Crippen molar-refractivity contribution in [3.05, 3.63) is 52.3 Å². The first kappa shape index (κ1) is 17.1. The molecule has 0 fully saturated rings. The number of hydrogen-bond donors (Lipinski definition) is 2. The maximum Gasteiger partial charge on any atom is 0.416 e. The Balaban J connectivity index is 2.10. The van der Waals surface area contributed by atoms with E-state index >= 15 is 0 Å². The quantitative estimate of drug-likeness (QED) is 0.905. The van der Waals surface area contributed by atoms with Crippen molar-refractivity contribution in [1.82, 2.24) is 15.5 Å². The van der Waals surface area contributed by atoms with Crippen LogP contribution in [0, 0.1) is 13.8 Å². The van der Waals surface area contributed by atoms with Gasteiger partial charge in [0.15, 0.2) is 0 Å². The van der Waals surface area contributed by atoms with Gasteiger partial charge < -0.3 is 5.32 Å². The van der Waals surface area contributed by atoms with E-state index in [1.807, 2.05) is 13.0 Å². The molecule has 1 unspecified atom stereocenters. The number of hydrogen-bond acceptors (Lipinski definition) is 2. The van der Waals surface area contributed by atoms with Gasteiger partial charge >= 0.3 is 6.18 Å². The van der Waals surface area contributed by atoms with Gasteiger partial charge in [-0.25, -0.2) is 0 Å². The summed E-state index contributed by atoms with van der Waals surface area (Å²) < 4.78 is 38.3. The largest absolute Gasteiger partial charge is 0.416 e. The van der Waals surface area contributed by atoms with Gasteiger partial charge in [-0.05, 0) is 44.5 Å². The lowest BCUT2D eigenvalue weighted by Gasteiger charge is -2.15. The minimum atomic E-state index is -4.47. The average Bonchev–Trinajstić information content (AvgIpc) is 2.82. The van der Waals surface area contributed by atoms with Gasteiger partial charge in [0, 0.05) is 23.7 Å². The van der Waals surface area contributed by atoms with Crippen LogP contribution >= 0.6 is 0 Å². The first-order valence-corrected chi connectivity index (χ1v) is 7.16. The Hall–Kier alpha value is -2.31. The Morgan fingerprint density at radius 1 is 1.30 bits per heavy atom. The molecule has 2 rings (SSSR count). The maximum absolute atomic E-state index is 12.8. The van der Waals surface area contributed by atoms with Crippen molar-refractivity contribution in [1.29, 1.82) is 0 Å². The molecule has 0 bridgehead atoms. The van der Waals surface area contributed by atoms with Crippen LogP contribution in [0.4, 0.5) is 13.2 Å². The van der Waals surface area contributed by atoms with Crippen LogP contribution in [-0.2, 0) is 12.6 Å². The standard InChI is InChI=1S/C16H18F3N3O/c1-9-4-5-12(16(17,18)19)8-14(9)15(23)20-10(2)6-13-7-11(3)21-22-13/h4-5,7-8,10H,6H2,1-3H3,(H,20,23)(H,21,22). The summed E-state index contributed by atoms with van der Waals surface area (Å²) in [6.07, 6.45) is -3.98. The zero-order valence-electron chi connectivity index (χ0n) is 13.1. The predicted molar refractivity (Wildman–Crippen MR) is 80.1 cm³/mol. The monoisotopic (exact) mass is 325 g/mol. The van der Waals surface area contributed by atoms with Gasteiger partial charge in [0.05, 0.1) is 11.3 Å². The summed E-state index contributed by atoms with van der Waals surface area (Å²) in [5.41, 5.74) is 1.40. The van der Waals surface area contributed by atoms with Gasteiger partial charge in [-0.15, -0.1) is 0 Å². The molecule has 0 spiro atoms. The summed E-state index contributed by atoms with van der Waals surface area (Å²) in [5, 5.41) is 9.59. The van der Waals surface area contributed by atoms with Crippen LogP contribution < -0.4 is 5.32 Å². The van der Waals surface area contributed by atoms with E-state index in [4.69, 9.17) is 0 Å². The molecule has 1 aromatic heterocycles. The van der Waals surface area contributed by atoms with E-state index in [1.54, 1.807) is 13.8 Å². The third kappa shape index (κ3) is 4.34. The van der Waals surface area contributed by atoms with Crippen LogP contribution in [0.2, 0.25) is 0 Å². The molecule has 7 heteroatoms. The minimum absolute atomic E-state index is 0.0323. The molecule has 1 heterocycles. The smallest absolute Gasteiger partial charge is 0.349 e. The first-order valence-electron chi connectivity index (χ1n) is 7.16. The van der Waals surface area contributed by atoms with Gasteiger partial charge in [0.2, 0.25) is 0 Å². The van der Waals surface area contributed by atoms with Crippen molar-refractivity contribution in [2.24, 2.45) is 0 Å². The molecule has 124 valence electrons. The predicted octanol–water partition coefficient (Wildman–Crippen LogP) is 3.41. The maximum atomic E-state index is 12.8. The van der Waals surface area contributed by atoms with E-state index in [9.17, 15) is 18.0 Å². The summed E-state index contributed by atoms with van der Waals surface area (Å²) in [6.45, 7) is 5.26. The number of amides is 1. The van der Waals surface area contributed by atoms with E-state index in [0.29, 0.717) is 12.0 Å². The number of nitrogens with one attached hydrogen (secondary N) is 2. The van der Waals surface area contributed by atoms with Crippen LogP contribution in [0.5, 0.6) is 0 Å². The fraction of sp³-hybridized carbons (Fsp3) is 0.375. The number of benzene rings is 1. The summed E-state index contributed by atoms with van der Waals surface area (Å²) in [5.74, 6) is -0.520. The lowest BCUT2D eigenvalue weighted by Crippen LogP contribution is -2.34. The van der Waals surface area contributed by atoms with Crippen LogP contribution in [-0.4, -0.2) is 22.1 Å². The molecule has 0 aliphatic heterocycles. The SMILES string of the molecule is Cc1cc(CC(C)NC(=O)c2cc(C(F)(F)F)ccc2C)n[nH]1. The third-order valence-corrected chi connectivity index (χ3v) is 3.46. The highest BCUT2D eigenvalue weighted by molar-refractivity contribution is 5.96. The van der Waals surface area contributed by atoms with Gasteiger partial charge in [-0.3, -0.25) is 9.89 Å². The average molecular weight is 325 g/mol. The molecule has 1 atom stereocenters. The summed E-state index contributed by atoms with van der Waals surface area (Å²) >= 11 is 0. The number of aryl methyl sites for hydroxylation is 2. The number of H-pyrrole nitrogens is 1. The molecule has 0 aliphatic rings. The zero-order chi connectivity index (χ0) is 17.2. The lowest BCUT2D eigenvalue weighted by atomic mass is 10.0. The number of rotatable bonds is 4. The lowest BCUT2D eigenvalue weighted by molar-refractivity contribution is -0.137. The second-order valence-corrected chi connectivity index (χ2v) is 5.65. The molecule has 4 nitrogen and oxygen atoms in total. The van der Waals surface area contributed by atoms with E-state index in [0.717, 1.165) is 23.5 Å². The van der Waals surface area contributed by atoms with Crippen molar-refractivity contribution < 1.29 is 18.0 Å². The van der Waals surface area contributed by atoms with E-state index in [2.05, 4.69) is 15.5 Å². The molecular formula is C16H18F3N3O. The molecule has 23 heavy (non-hydrogen) atoms. The highest BCUT2D eigenvalue weighted by atomic mass is 19.4. The Morgan fingerprint density at radius 3 is 2.57 bits per heavy atom. The fourth-order valence-electron chi connectivity index (χ4n) is 2.29. The van der Waals surface area contributed by atoms with Crippen molar-refractivity contribution in [3.8, 4) is 0 Å². The highest BCUT2D eigenvalue weighted by Gasteiger charge is 2.31. The minimum Gasteiger partial charge on any atom is -0.349 e. The topological polar surface area (TPSA) is 57.8 Å². The molecule has 2 N–H and O–H groups in total. The van der Waals surface area contributed by atoms with Gasteiger partial charge in [0.1, 0.15) is 0 Å². The number of aromatic amines is 1. The summed E-state index contributed by atoms with van der Waals surface area (Å²) in [7, 11) is 0. The van der Waals surface area contributed by atoms with E-state index < -0.39 is 17.6 Å². The van der Waals surface area contributed by atoms with E-state index in [-0.39, 0.29) is 11.6 Å². The Kier molecular flexibility index (Phi) is 4.77. The number of carbonyl (C=O) groups is 1. The van der Waals surface area contributed by atoms with E-state index in [1.165, 1.54) is 6.07 Å². The second-order valence-electron chi connectivity index (χ2n) is 5.65. The summed E-state index contributed by atoms with van der Waals surface area (Å²) in [4.78, 5) is 12.2. The Bertz CT molecular complexity index is 707. The third-order valence-electron chi connectivity index (χ3n) is 3.46. The van der Waals surface area contributed by atoms with Crippen molar-refractivity contribution >= 4 is 5.91 Å². The molecule has 0 saturated carbocycles. The number of nitrogens with zero attached hydrogens (tertiary/aromatic N) is 1. The zero-order valence-corrected chi connectivity index (χ0v) is 13.1. The van der Waals surface area contributed by atoms with Gasteiger partial charge in [-0.1, -0.05) is 6.07 Å². The number of carbonyl (C=O) groups excluding carboxylic acids is 1.